The molecule has 0 bridgehead atoms. The van der Waals surface area contributed by atoms with Crippen molar-refractivity contribution in [2.24, 2.45) is 5.92 Å². The first-order valence-corrected chi connectivity index (χ1v) is 9.08. The summed E-state index contributed by atoms with van der Waals surface area (Å²) in [6.07, 6.45) is 8.14. The van der Waals surface area contributed by atoms with E-state index in [1.807, 2.05) is 18.2 Å². The van der Waals surface area contributed by atoms with Gasteiger partial charge in [-0.25, -0.2) is 0 Å². The maximum absolute atomic E-state index is 12.4. The molecule has 1 amide bonds. The smallest absolute Gasteiger partial charge is 0.223 e. The summed E-state index contributed by atoms with van der Waals surface area (Å²) >= 11 is 0. The first-order chi connectivity index (χ1) is 11.2. The van der Waals surface area contributed by atoms with E-state index >= 15 is 0 Å². The predicted molar refractivity (Wildman–Crippen MR) is 101 cm³/mol. The van der Waals surface area contributed by atoms with Crippen molar-refractivity contribution in [1.82, 2.24) is 10.2 Å². The van der Waals surface area contributed by atoms with Crippen LogP contribution < -0.4 is 11.1 Å². The van der Waals surface area contributed by atoms with Crippen LogP contribution in [0.2, 0.25) is 0 Å². The normalized spacial score (nSPS) is 20.3. The third kappa shape index (κ3) is 5.38. The monoisotopic (exact) mass is 351 g/mol. The van der Waals surface area contributed by atoms with Crippen molar-refractivity contribution in [3.8, 4) is 0 Å². The van der Waals surface area contributed by atoms with Gasteiger partial charge in [-0.1, -0.05) is 31.4 Å². The summed E-state index contributed by atoms with van der Waals surface area (Å²) in [5, 5.41) is 3.29. The van der Waals surface area contributed by atoms with Crippen molar-refractivity contribution < 1.29 is 4.79 Å². The van der Waals surface area contributed by atoms with Crippen LogP contribution >= 0.6 is 12.4 Å². The molecule has 4 nitrogen and oxygen atoms in total. The number of carbonyl (C=O) groups excluding carboxylic acids is 1. The molecule has 24 heavy (non-hydrogen) atoms. The lowest BCUT2D eigenvalue weighted by atomic mass is 9.92. The highest BCUT2D eigenvalue weighted by atomic mass is 35.5. The molecule has 1 aliphatic heterocycles. The average molecular weight is 352 g/mol. The topological polar surface area (TPSA) is 58.4 Å². The van der Waals surface area contributed by atoms with Crippen molar-refractivity contribution in [3.05, 3.63) is 29.8 Å². The highest BCUT2D eigenvalue weighted by Gasteiger charge is 2.26. The van der Waals surface area contributed by atoms with Crippen LogP contribution in [0.5, 0.6) is 0 Å². The molecule has 0 aromatic heterocycles. The van der Waals surface area contributed by atoms with Crippen LogP contribution in [0, 0.1) is 5.92 Å². The fourth-order valence-electron chi connectivity index (χ4n) is 3.87. The Morgan fingerprint density at radius 2 is 1.83 bits per heavy atom. The van der Waals surface area contributed by atoms with Crippen molar-refractivity contribution >= 4 is 24.0 Å². The Bertz CT molecular complexity index is 523. The number of hydrogen-bond acceptors (Lipinski definition) is 3. The van der Waals surface area contributed by atoms with Gasteiger partial charge in [-0.05, 0) is 56.5 Å². The van der Waals surface area contributed by atoms with E-state index in [1.54, 1.807) is 0 Å². The third-order valence-electron chi connectivity index (χ3n) is 5.27. The minimum atomic E-state index is 0. The van der Waals surface area contributed by atoms with E-state index in [1.165, 1.54) is 37.7 Å². The van der Waals surface area contributed by atoms with E-state index in [9.17, 15) is 4.79 Å². The molecule has 1 aliphatic carbocycles. The van der Waals surface area contributed by atoms with Crippen LogP contribution in [0.15, 0.2) is 24.3 Å². The van der Waals surface area contributed by atoms with Crippen molar-refractivity contribution in [3.63, 3.8) is 0 Å². The van der Waals surface area contributed by atoms with E-state index in [0.717, 1.165) is 38.2 Å². The molecule has 0 atom stereocenters. The predicted octanol–water partition coefficient (Wildman–Crippen LogP) is 3.35. The molecule has 0 spiro atoms. The second-order valence-corrected chi connectivity index (χ2v) is 7.14. The van der Waals surface area contributed by atoms with Gasteiger partial charge in [0.05, 0.1) is 0 Å². The SMILES string of the molecule is Cl.Nc1cccc(CN2CCC(C(=O)NC3CCCCC3)CC2)c1. The maximum atomic E-state index is 12.4. The van der Waals surface area contributed by atoms with Gasteiger partial charge in [0.25, 0.3) is 0 Å². The minimum absolute atomic E-state index is 0. The molecule has 3 rings (SSSR count). The summed E-state index contributed by atoms with van der Waals surface area (Å²) in [4.78, 5) is 14.9. The molecule has 0 unspecified atom stereocenters. The molecule has 2 fully saturated rings. The average Bonchev–Trinajstić information content (AvgIpc) is 2.56. The Labute approximate surface area is 151 Å². The standard InChI is InChI=1S/C19H29N3O.ClH/c20-17-6-4-5-15(13-17)14-22-11-9-16(10-12-22)19(23)21-18-7-2-1-3-8-18;/h4-6,13,16,18H,1-3,7-12,14,20H2,(H,21,23);1H. The largest absolute Gasteiger partial charge is 0.399 e. The molecule has 1 saturated carbocycles. The van der Waals surface area contributed by atoms with E-state index in [0.29, 0.717) is 11.9 Å². The first kappa shape index (κ1) is 19.1. The van der Waals surface area contributed by atoms with E-state index in [4.69, 9.17) is 5.73 Å². The lowest BCUT2D eigenvalue weighted by Crippen LogP contribution is -2.44. The fraction of sp³-hybridized carbons (Fsp3) is 0.632. The zero-order valence-corrected chi connectivity index (χ0v) is 15.2. The molecule has 2 aliphatic rings. The number of nitrogens with one attached hydrogen (secondary N) is 1. The highest BCUT2D eigenvalue weighted by molar-refractivity contribution is 5.85. The summed E-state index contributed by atoms with van der Waals surface area (Å²) < 4.78 is 0. The molecule has 1 aromatic carbocycles. The Hall–Kier alpha value is -1.26. The Balaban J connectivity index is 0.00000208. The number of likely N-dealkylation sites (tertiary alicyclic amines) is 1. The van der Waals surface area contributed by atoms with Crippen LogP contribution in [0.1, 0.15) is 50.5 Å². The number of hydrogen-bond donors (Lipinski definition) is 2. The first-order valence-electron chi connectivity index (χ1n) is 9.08. The number of benzene rings is 1. The molecule has 3 N–H and O–H groups in total. The maximum Gasteiger partial charge on any atom is 0.223 e. The number of halogens is 1. The van der Waals surface area contributed by atoms with E-state index in [2.05, 4.69) is 16.3 Å². The summed E-state index contributed by atoms with van der Waals surface area (Å²) in [6.45, 7) is 2.93. The van der Waals surface area contributed by atoms with Gasteiger partial charge >= 0.3 is 0 Å². The fourth-order valence-corrected chi connectivity index (χ4v) is 3.87. The lowest BCUT2D eigenvalue weighted by molar-refractivity contribution is -0.127. The van der Waals surface area contributed by atoms with Crippen LogP contribution in [-0.4, -0.2) is 29.9 Å². The van der Waals surface area contributed by atoms with Gasteiger partial charge < -0.3 is 11.1 Å². The van der Waals surface area contributed by atoms with Crippen LogP contribution in [0.4, 0.5) is 5.69 Å². The van der Waals surface area contributed by atoms with Crippen LogP contribution in [0.25, 0.3) is 0 Å². The number of anilines is 1. The number of carbonyl (C=O) groups is 1. The Kier molecular flexibility index (Phi) is 7.38. The van der Waals surface area contributed by atoms with Gasteiger partial charge in [-0.2, -0.15) is 0 Å². The second-order valence-electron chi connectivity index (χ2n) is 7.14. The summed E-state index contributed by atoms with van der Waals surface area (Å²) in [7, 11) is 0. The quantitative estimate of drug-likeness (QED) is 0.818. The molecule has 0 radical (unpaired) electrons. The second kappa shape index (κ2) is 9.28. The van der Waals surface area contributed by atoms with Crippen LogP contribution in [0.3, 0.4) is 0 Å². The number of nitrogen functional groups attached to an aromatic ring is 1. The number of nitrogens with zero attached hydrogens (tertiary/aromatic N) is 1. The molecule has 5 heteroatoms. The molecule has 1 heterocycles. The zero-order valence-electron chi connectivity index (χ0n) is 14.4. The van der Waals surface area contributed by atoms with Crippen molar-refractivity contribution in [2.75, 3.05) is 18.8 Å². The lowest BCUT2D eigenvalue weighted by Gasteiger charge is -2.32. The number of piperidine rings is 1. The Morgan fingerprint density at radius 3 is 2.50 bits per heavy atom. The highest BCUT2D eigenvalue weighted by Crippen LogP contribution is 2.22. The van der Waals surface area contributed by atoms with Gasteiger partial charge in [0, 0.05) is 24.2 Å². The molecular weight excluding hydrogens is 322 g/mol. The number of nitrogens with two attached hydrogens (primary N) is 1. The van der Waals surface area contributed by atoms with E-state index in [-0.39, 0.29) is 18.3 Å². The van der Waals surface area contributed by atoms with Gasteiger partial charge in [0.2, 0.25) is 5.91 Å². The van der Waals surface area contributed by atoms with Gasteiger partial charge in [0.15, 0.2) is 0 Å². The summed E-state index contributed by atoms with van der Waals surface area (Å²) in [5.74, 6) is 0.495. The molecular formula is C19H30ClN3O. The number of rotatable bonds is 4. The van der Waals surface area contributed by atoms with Gasteiger partial charge in [0.1, 0.15) is 0 Å². The van der Waals surface area contributed by atoms with Gasteiger partial charge in [-0.3, -0.25) is 9.69 Å². The summed E-state index contributed by atoms with van der Waals surface area (Å²) in [6, 6.07) is 8.53. The minimum Gasteiger partial charge on any atom is -0.399 e. The summed E-state index contributed by atoms with van der Waals surface area (Å²) in [5.41, 5.74) is 7.93. The van der Waals surface area contributed by atoms with Gasteiger partial charge in [-0.15, -0.1) is 12.4 Å². The van der Waals surface area contributed by atoms with Crippen molar-refractivity contribution in [1.29, 1.82) is 0 Å². The Morgan fingerprint density at radius 1 is 1.12 bits per heavy atom. The van der Waals surface area contributed by atoms with E-state index < -0.39 is 0 Å². The molecule has 1 saturated heterocycles. The van der Waals surface area contributed by atoms with Crippen molar-refractivity contribution in [2.45, 2.75) is 57.5 Å². The number of amides is 1. The third-order valence-corrected chi connectivity index (χ3v) is 5.27. The van der Waals surface area contributed by atoms with Crippen LogP contribution in [-0.2, 0) is 11.3 Å². The zero-order chi connectivity index (χ0) is 16.1. The molecule has 134 valence electrons. The molecule has 1 aromatic rings.